The van der Waals surface area contributed by atoms with Gasteiger partial charge < -0.3 is 9.64 Å². The smallest absolute Gasteiger partial charge is 0.177 e. The predicted octanol–water partition coefficient (Wildman–Crippen LogP) is 4.98. The summed E-state index contributed by atoms with van der Waals surface area (Å²) >= 11 is 1.57. The molecule has 0 bridgehead atoms. The summed E-state index contributed by atoms with van der Waals surface area (Å²) in [6.45, 7) is 16.9. The number of aromatic nitrogens is 5. The van der Waals surface area contributed by atoms with Crippen LogP contribution >= 0.6 is 11.3 Å². The molecule has 1 saturated heterocycles. The average molecular weight is 574 g/mol. The number of thiophene rings is 1. The summed E-state index contributed by atoms with van der Waals surface area (Å²) in [7, 11) is 0. The molecule has 216 valence electrons. The predicted molar refractivity (Wildman–Crippen MR) is 163 cm³/mol. The fourth-order valence-corrected chi connectivity index (χ4v) is 5.88. The summed E-state index contributed by atoms with van der Waals surface area (Å²) in [4.78, 5) is 28.9. The maximum absolute atomic E-state index is 13.0. The maximum Gasteiger partial charge on any atom is 0.177 e. The molecule has 0 amide bonds. The van der Waals surface area contributed by atoms with Gasteiger partial charge in [0.15, 0.2) is 5.78 Å². The van der Waals surface area contributed by atoms with Crippen LogP contribution in [-0.4, -0.2) is 81.6 Å². The SMILES string of the molecule is CCOCCN1CCN(c2cncc(-c3cn(-c4cc(CC(=O)c5ccc(C(C)(C)C)s5)cnc4C)nn3)c2)CC1. The minimum absolute atomic E-state index is 0.0281. The molecule has 0 spiro atoms. The van der Waals surface area contributed by atoms with Crippen molar-refractivity contribution in [3.8, 4) is 16.9 Å². The van der Waals surface area contributed by atoms with E-state index in [9.17, 15) is 4.79 Å². The molecule has 0 unspecified atom stereocenters. The molecule has 5 heterocycles. The lowest BCUT2D eigenvalue weighted by Gasteiger charge is -2.35. The van der Waals surface area contributed by atoms with Gasteiger partial charge in [0, 0.05) is 68.6 Å². The molecule has 1 fully saturated rings. The normalized spacial score (nSPS) is 14.5. The Morgan fingerprint density at radius 1 is 1.07 bits per heavy atom. The van der Waals surface area contributed by atoms with Gasteiger partial charge in [-0.25, -0.2) is 4.68 Å². The lowest BCUT2D eigenvalue weighted by atomic mass is 9.95. The van der Waals surface area contributed by atoms with E-state index in [1.165, 1.54) is 4.88 Å². The van der Waals surface area contributed by atoms with Gasteiger partial charge in [0.05, 0.1) is 40.9 Å². The van der Waals surface area contributed by atoms with E-state index in [4.69, 9.17) is 4.74 Å². The number of carbonyl (C=O) groups excluding carboxylic acids is 1. The molecule has 0 atom stereocenters. The highest BCUT2D eigenvalue weighted by Gasteiger charge is 2.20. The Morgan fingerprint density at radius 2 is 1.88 bits per heavy atom. The first-order valence-corrected chi connectivity index (χ1v) is 15.0. The van der Waals surface area contributed by atoms with Crippen LogP contribution in [-0.2, 0) is 16.6 Å². The average Bonchev–Trinajstić information content (AvgIpc) is 3.66. The van der Waals surface area contributed by atoms with E-state index in [1.807, 2.05) is 44.6 Å². The number of hydrogen-bond donors (Lipinski definition) is 0. The van der Waals surface area contributed by atoms with Crippen molar-refractivity contribution >= 4 is 22.8 Å². The van der Waals surface area contributed by atoms with E-state index >= 15 is 0 Å². The second-order valence-electron chi connectivity index (χ2n) is 11.5. The number of aryl methyl sites for hydroxylation is 1. The molecule has 1 aliphatic rings. The third-order valence-corrected chi connectivity index (χ3v) is 8.91. The lowest BCUT2D eigenvalue weighted by molar-refractivity contribution is 0.0996. The maximum atomic E-state index is 13.0. The van der Waals surface area contributed by atoms with E-state index < -0.39 is 0 Å². The van der Waals surface area contributed by atoms with E-state index in [-0.39, 0.29) is 17.6 Å². The van der Waals surface area contributed by atoms with Crippen molar-refractivity contribution in [3.63, 3.8) is 0 Å². The highest BCUT2D eigenvalue weighted by molar-refractivity contribution is 7.14. The molecule has 10 heteroatoms. The summed E-state index contributed by atoms with van der Waals surface area (Å²) < 4.78 is 7.24. The zero-order valence-electron chi connectivity index (χ0n) is 24.6. The minimum atomic E-state index is 0.0281. The van der Waals surface area contributed by atoms with Gasteiger partial charge in [-0.2, -0.15) is 0 Å². The highest BCUT2D eigenvalue weighted by atomic mass is 32.1. The summed E-state index contributed by atoms with van der Waals surface area (Å²) in [5.41, 5.74) is 5.24. The molecule has 5 rings (SSSR count). The van der Waals surface area contributed by atoms with Crippen molar-refractivity contribution in [3.05, 3.63) is 70.1 Å². The standard InChI is InChI=1S/C31H39N7O2S/c1-6-40-14-13-36-9-11-37(12-10-36)25-17-24(19-32-20-25)26-21-38(35-34-26)27-15-23(18-33-22(27)2)16-28(39)29-7-8-30(41-29)31(3,4)5/h7-8,15,17-21H,6,9-14,16H2,1-5H3. The van der Waals surface area contributed by atoms with E-state index in [1.54, 1.807) is 22.2 Å². The van der Waals surface area contributed by atoms with Gasteiger partial charge in [0.2, 0.25) is 0 Å². The monoisotopic (exact) mass is 573 g/mol. The number of ketones is 1. The molecule has 0 saturated carbocycles. The zero-order chi connectivity index (χ0) is 29.0. The molecule has 0 N–H and O–H groups in total. The van der Waals surface area contributed by atoms with E-state index in [0.29, 0.717) is 0 Å². The molecular weight excluding hydrogens is 534 g/mol. The molecule has 0 radical (unpaired) electrons. The number of nitrogens with zero attached hydrogens (tertiary/aromatic N) is 7. The van der Waals surface area contributed by atoms with Gasteiger partial charge in [-0.15, -0.1) is 16.4 Å². The fraction of sp³-hybridized carbons (Fsp3) is 0.452. The zero-order valence-corrected chi connectivity index (χ0v) is 25.4. The minimum Gasteiger partial charge on any atom is -0.380 e. The number of hydrogen-bond acceptors (Lipinski definition) is 9. The Bertz CT molecular complexity index is 1480. The van der Waals surface area contributed by atoms with Gasteiger partial charge in [0.25, 0.3) is 0 Å². The second-order valence-corrected chi connectivity index (χ2v) is 12.6. The van der Waals surface area contributed by atoms with E-state index in [2.05, 4.69) is 63.0 Å². The molecule has 4 aromatic heterocycles. The molecule has 9 nitrogen and oxygen atoms in total. The van der Waals surface area contributed by atoms with Crippen LogP contribution in [0.5, 0.6) is 0 Å². The van der Waals surface area contributed by atoms with Gasteiger partial charge in [0.1, 0.15) is 5.69 Å². The van der Waals surface area contributed by atoms with Gasteiger partial charge in [-0.1, -0.05) is 26.0 Å². The first-order valence-electron chi connectivity index (χ1n) is 14.2. The highest BCUT2D eigenvalue weighted by Crippen LogP contribution is 2.30. The summed E-state index contributed by atoms with van der Waals surface area (Å²) in [5.74, 6) is 0.0967. The Hall–Kier alpha value is -3.47. The van der Waals surface area contributed by atoms with Crippen molar-refractivity contribution < 1.29 is 9.53 Å². The van der Waals surface area contributed by atoms with Crippen LogP contribution in [0.25, 0.3) is 16.9 Å². The number of carbonyl (C=O) groups is 1. The quantitative estimate of drug-likeness (QED) is 0.194. The Labute approximate surface area is 246 Å². The summed E-state index contributed by atoms with van der Waals surface area (Å²) in [5, 5.41) is 8.85. The Kier molecular flexibility index (Phi) is 8.91. The van der Waals surface area contributed by atoms with Crippen LogP contribution in [0.1, 0.15) is 53.5 Å². The van der Waals surface area contributed by atoms with Crippen LogP contribution in [0.3, 0.4) is 0 Å². The Morgan fingerprint density at radius 3 is 2.61 bits per heavy atom. The molecule has 4 aromatic rings. The number of pyridine rings is 2. The second kappa shape index (κ2) is 12.6. The van der Waals surface area contributed by atoms with Crippen LogP contribution in [0.15, 0.2) is 49.1 Å². The van der Waals surface area contributed by atoms with Gasteiger partial charge in [-0.3, -0.25) is 19.7 Å². The third kappa shape index (κ3) is 7.06. The van der Waals surface area contributed by atoms with Crippen molar-refractivity contribution in [2.45, 2.75) is 46.5 Å². The summed E-state index contributed by atoms with van der Waals surface area (Å²) in [6, 6.07) is 8.10. The summed E-state index contributed by atoms with van der Waals surface area (Å²) in [6.07, 6.45) is 7.70. The topological polar surface area (TPSA) is 89.3 Å². The molecule has 0 aromatic carbocycles. The van der Waals surface area contributed by atoms with Gasteiger partial charge in [-0.05, 0) is 49.1 Å². The first kappa shape index (κ1) is 29.0. The van der Waals surface area contributed by atoms with Crippen molar-refractivity contribution in [1.29, 1.82) is 0 Å². The van der Waals surface area contributed by atoms with Crippen LogP contribution in [0.4, 0.5) is 5.69 Å². The number of piperazine rings is 1. The fourth-order valence-electron chi connectivity index (χ4n) is 4.88. The van der Waals surface area contributed by atoms with Crippen molar-refractivity contribution in [2.24, 2.45) is 0 Å². The molecular formula is C31H39N7O2S. The van der Waals surface area contributed by atoms with Crippen LogP contribution in [0.2, 0.25) is 0 Å². The molecule has 1 aliphatic heterocycles. The lowest BCUT2D eigenvalue weighted by Crippen LogP contribution is -2.47. The van der Waals surface area contributed by atoms with Crippen molar-refractivity contribution in [1.82, 2.24) is 29.9 Å². The first-order chi connectivity index (χ1) is 19.7. The molecule has 0 aliphatic carbocycles. The van der Waals surface area contributed by atoms with Crippen LogP contribution in [0, 0.1) is 6.92 Å². The van der Waals surface area contributed by atoms with Crippen molar-refractivity contribution in [2.75, 3.05) is 50.8 Å². The third-order valence-electron chi connectivity index (χ3n) is 7.35. The Balaban J connectivity index is 1.27. The number of ether oxygens (including phenoxy) is 1. The van der Waals surface area contributed by atoms with Gasteiger partial charge >= 0.3 is 0 Å². The van der Waals surface area contributed by atoms with Crippen LogP contribution < -0.4 is 4.90 Å². The van der Waals surface area contributed by atoms with E-state index in [0.717, 1.165) is 84.7 Å². The number of Topliss-reactive ketones (excluding diaryl/α,β-unsaturated/α-hetero) is 1. The number of anilines is 1. The largest absolute Gasteiger partial charge is 0.380 e. The molecule has 41 heavy (non-hydrogen) atoms. The number of rotatable bonds is 10.